The fourth-order valence-electron chi connectivity index (χ4n) is 2.14. The summed E-state index contributed by atoms with van der Waals surface area (Å²) in [7, 11) is -12.7. The monoisotopic (exact) mass is 529 g/mol. The third-order valence-electron chi connectivity index (χ3n) is 3.24. The third kappa shape index (κ3) is 18.7. The average molecular weight is 530 g/mol. The van der Waals surface area contributed by atoms with Crippen LogP contribution in [0.25, 0.3) is 0 Å². The van der Waals surface area contributed by atoms with E-state index in [0.717, 1.165) is 31.2 Å². The molecule has 0 saturated heterocycles. The molecule has 1 aromatic carbocycles. The van der Waals surface area contributed by atoms with Gasteiger partial charge in [-0.3, -0.25) is 18.2 Å². The molecule has 1 aromatic rings. The second-order valence-electron chi connectivity index (χ2n) is 5.66. The van der Waals surface area contributed by atoms with E-state index in [-0.39, 0.29) is 27.9 Å². The molecule has 28 heavy (non-hydrogen) atoms. The van der Waals surface area contributed by atoms with Crippen LogP contribution in [0, 0.1) is 6.92 Å². The normalized spacial score (nSPS) is 15.2. The highest BCUT2D eigenvalue weighted by Gasteiger charge is 2.17. The summed E-state index contributed by atoms with van der Waals surface area (Å²) in [6.45, 7) is 1.84. The lowest BCUT2D eigenvalue weighted by Gasteiger charge is -2.20. The van der Waals surface area contributed by atoms with Gasteiger partial charge in [0.05, 0.1) is 4.90 Å². The minimum atomic E-state index is -4.67. The molecule has 0 aliphatic heterocycles. The second-order valence-corrected chi connectivity index (χ2v) is 9.17. The molecular weight excluding hydrogens is 506 g/mol. The van der Waals surface area contributed by atoms with Gasteiger partial charge in [-0.1, -0.05) is 37.0 Å². The molecule has 1 saturated carbocycles. The van der Waals surface area contributed by atoms with Gasteiger partial charge in [0.15, 0.2) is 0 Å². The first-order chi connectivity index (χ1) is 12.1. The first-order valence-electron chi connectivity index (χ1n) is 7.57. The zero-order valence-corrected chi connectivity index (χ0v) is 19.0. The van der Waals surface area contributed by atoms with Crippen LogP contribution < -0.4 is 4.72 Å². The van der Waals surface area contributed by atoms with Crippen molar-refractivity contribution >= 4 is 47.8 Å². The van der Waals surface area contributed by atoms with Crippen LogP contribution in [0.2, 0.25) is 0 Å². The van der Waals surface area contributed by atoms with E-state index >= 15 is 0 Å². The van der Waals surface area contributed by atoms with Crippen LogP contribution in [-0.2, 0) is 30.8 Å². The van der Waals surface area contributed by atoms with Gasteiger partial charge in [0.25, 0.3) is 10.1 Å². The molecule has 166 valence electrons. The summed E-state index contributed by atoms with van der Waals surface area (Å²) in [5, 5.41) is 0. The van der Waals surface area contributed by atoms with E-state index in [2.05, 4.69) is 4.72 Å². The SMILES string of the molecule is Br.Cc1ccc(S(=O)(=O)O)cc1.O=S(=O)(O)NC1CCCCC1.O=S(=O)(O)O. The summed E-state index contributed by atoms with van der Waals surface area (Å²) in [4.78, 5) is -0.0666. The van der Waals surface area contributed by atoms with Crippen molar-refractivity contribution in [3.05, 3.63) is 29.8 Å². The molecule has 5 N–H and O–H groups in total. The molecule has 0 radical (unpaired) electrons. The van der Waals surface area contributed by atoms with Gasteiger partial charge in [0, 0.05) is 6.04 Å². The summed E-state index contributed by atoms with van der Waals surface area (Å²) in [5.41, 5.74) is 0.956. The number of hydrogen-bond acceptors (Lipinski definition) is 6. The molecule has 0 aromatic heterocycles. The predicted octanol–water partition coefficient (Wildman–Crippen LogP) is 1.88. The predicted molar refractivity (Wildman–Crippen MR) is 107 cm³/mol. The molecule has 0 amide bonds. The van der Waals surface area contributed by atoms with E-state index in [1.54, 1.807) is 12.1 Å². The van der Waals surface area contributed by atoms with E-state index in [9.17, 15) is 16.8 Å². The van der Waals surface area contributed by atoms with Gasteiger partial charge in [-0.05, 0) is 31.9 Å². The largest absolute Gasteiger partial charge is 0.394 e. The maximum Gasteiger partial charge on any atom is 0.394 e. The van der Waals surface area contributed by atoms with E-state index < -0.39 is 30.8 Å². The minimum Gasteiger partial charge on any atom is -0.282 e. The molecule has 2 rings (SSSR count). The molecule has 1 aliphatic rings. The van der Waals surface area contributed by atoms with Crippen LogP contribution >= 0.6 is 17.0 Å². The summed E-state index contributed by atoms with van der Waals surface area (Å²) in [6, 6.07) is 5.94. The summed E-state index contributed by atoms with van der Waals surface area (Å²) in [5.74, 6) is 0. The fourth-order valence-corrected chi connectivity index (χ4v) is 3.28. The molecular formula is C13H24BrNO10S3. The van der Waals surface area contributed by atoms with Crippen LogP contribution in [0.3, 0.4) is 0 Å². The minimum absolute atomic E-state index is 0. The highest BCUT2D eigenvalue weighted by molar-refractivity contribution is 8.93. The summed E-state index contributed by atoms with van der Waals surface area (Å²) in [6.07, 6.45) is 4.96. The number of benzene rings is 1. The highest BCUT2D eigenvalue weighted by atomic mass is 79.9. The molecule has 11 nitrogen and oxygen atoms in total. The van der Waals surface area contributed by atoms with Gasteiger partial charge in [-0.25, -0.2) is 0 Å². The van der Waals surface area contributed by atoms with Crippen LogP contribution in [-0.4, -0.2) is 49.5 Å². The fraction of sp³-hybridized carbons (Fsp3) is 0.538. The number of nitrogens with one attached hydrogen (secondary N) is 1. The summed E-state index contributed by atoms with van der Waals surface area (Å²) < 4.78 is 92.4. The average Bonchev–Trinajstić information content (AvgIpc) is 2.45. The highest BCUT2D eigenvalue weighted by Crippen LogP contribution is 2.17. The number of hydrogen-bond donors (Lipinski definition) is 5. The van der Waals surface area contributed by atoms with E-state index in [0.29, 0.717) is 0 Å². The molecule has 1 fully saturated rings. The van der Waals surface area contributed by atoms with Crippen molar-refractivity contribution in [2.75, 3.05) is 0 Å². The van der Waals surface area contributed by atoms with Crippen LogP contribution in [0.4, 0.5) is 0 Å². The molecule has 0 atom stereocenters. The maximum atomic E-state index is 10.5. The third-order valence-corrected chi connectivity index (χ3v) is 4.74. The van der Waals surface area contributed by atoms with Crippen molar-refractivity contribution in [3.8, 4) is 0 Å². The first-order valence-corrected chi connectivity index (χ1v) is 11.8. The van der Waals surface area contributed by atoms with Crippen LogP contribution in [0.5, 0.6) is 0 Å². The molecule has 0 bridgehead atoms. The van der Waals surface area contributed by atoms with Crippen LogP contribution in [0.15, 0.2) is 29.2 Å². The van der Waals surface area contributed by atoms with Gasteiger partial charge in [-0.15, -0.1) is 17.0 Å². The quantitative estimate of drug-likeness (QED) is 0.360. The Morgan fingerprint density at radius 2 is 1.21 bits per heavy atom. The Balaban J connectivity index is 0. The van der Waals surface area contributed by atoms with Crippen molar-refractivity contribution in [1.82, 2.24) is 4.72 Å². The van der Waals surface area contributed by atoms with Gasteiger partial charge in [-0.2, -0.15) is 30.0 Å². The van der Waals surface area contributed by atoms with E-state index in [4.69, 9.17) is 26.6 Å². The Morgan fingerprint density at radius 3 is 1.54 bits per heavy atom. The maximum absolute atomic E-state index is 10.5. The van der Waals surface area contributed by atoms with E-state index in [1.807, 2.05) is 6.92 Å². The Morgan fingerprint density at radius 1 is 0.821 bits per heavy atom. The standard InChI is InChI=1S/C7H8O3S.C6H13NO3S.BrH.H2O4S/c1-6-2-4-7(5-3-6)11(8,9)10;8-11(9,10)7-6-4-2-1-3-5-6;;1-5(2,3)4/h2-5H,1H3,(H,8,9,10);6-7H,1-5H2,(H,8,9,10);1H;(H2,1,2,3,4). The Bertz CT molecular complexity index is 869. The Labute approximate surface area is 175 Å². The van der Waals surface area contributed by atoms with Gasteiger partial charge >= 0.3 is 20.7 Å². The Hall–Kier alpha value is -0.650. The molecule has 0 spiro atoms. The topological polar surface area (TPSA) is 195 Å². The zero-order chi connectivity index (χ0) is 21.3. The molecule has 0 heterocycles. The smallest absolute Gasteiger partial charge is 0.282 e. The molecule has 0 unspecified atom stereocenters. The van der Waals surface area contributed by atoms with Crippen LogP contribution in [0.1, 0.15) is 37.7 Å². The lowest BCUT2D eigenvalue weighted by atomic mass is 9.96. The van der Waals surface area contributed by atoms with Crippen molar-refractivity contribution < 1.29 is 43.5 Å². The van der Waals surface area contributed by atoms with Gasteiger partial charge in [0.2, 0.25) is 0 Å². The molecule has 1 aliphatic carbocycles. The number of halogens is 1. The van der Waals surface area contributed by atoms with E-state index in [1.165, 1.54) is 18.6 Å². The second kappa shape index (κ2) is 12.8. The number of rotatable bonds is 3. The van der Waals surface area contributed by atoms with Crippen molar-refractivity contribution in [3.63, 3.8) is 0 Å². The zero-order valence-electron chi connectivity index (χ0n) is 14.8. The van der Waals surface area contributed by atoms with Gasteiger partial charge in [0.1, 0.15) is 0 Å². The lowest BCUT2D eigenvalue weighted by molar-refractivity contribution is 0.380. The molecule has 15 heteroatoms. The lowest BCUT2D eigenvalue weighted by Crippen LogP contribution is -2.35. The first kappa shape index (κ1) is 29.6. The number of aryl methyl sites for hydroxylation is 1. The van der Waals surface area contributed by atoms with Crippen molar-refractivity contribution in [2.45, 2.75) is 50.0 Å². The summed E-state index contributed by atoms with van der Waals surface area (Å²) >= 11 is 0. The van der Waals surface area contributed by atoms with Crippen molar-refractivity contribution in [1.29, 1.82) is 0 Å². The van der Waals surface area contributed by atoms with Crippen molar-refractivity contribution in [2.24, 2.45) is 0 Å². The Kier molecular flexibility index (Phi) is 13.5. The van der Waals surface area contributed by atoms with Gasteiger partial charge < -0.3 is 0 Å².